The maximum Gasteiger partial charge on any atom is 0.223 e. The Kier molecular flexibility index (Phi) is 4.82. The molecule has 0 atom stereocenters. The summed E-state index contributed by atoms with van der Waals surface area (Å²) < 4.78 is 24.5. The highest BCUT2D eigenvalue weighted by Gasteiger charge is 2.28. The van der Waals surface area contributed by atoms with Crippen molar-refractivity contribution in [2.75, 3.05) is 19.3 Å². The molecule has 0 bridgehead atoms. The molecule has 1 aliphatic rings. The zero-order valence-corrected chi connectivity index (χ0v) is 14.4. The number of carbonyl (C=O) groups is 1. The maximum atomic E-state index is 12.4. The Morgan fingerprint density at radius 2 is 1.96 bits per heavy atom. The van der Waals surface area contributed by atoms with E-state index in [1.165, 1.54) is 10.6 Å². The minimum absolute atomic E-state index is 0.0297. The van der Waals surface area contributed by atoms with Gasteiger partial charge in [0.15, 0.2) is 0 Å². The first-order valence-corrected chi connectivity index (χ1v) is 9.85. The minimum atomic E-state index is -3.16. The second-order valence-electron chi connectivity index (χ2n) is 6.13. The highest BCUT2D eigenvalue weighted by atomic mass is 32.2. The molecule has 1 fully saturated rings. The number of amides is 1. The lowest BCUT2D eigenvalue weighted by molar-refractivity contribution is -0.126. The second kappa shape index (κ2) is 6.86. The van der Waals surface area contributed by atoms with Crippen molar-refractivity contribution in [3.63, 3.8) is 0 Å². The summed E-state index contributed by atoms with van der Waals surface area (Å²) in [5.74, 6) is -0.170. The van der Waals surface area contributed by atoms with E-state index in [2.05, 4.69) is 10.3 Å². The summed E-state index contributed by atoms with van der Waals surface area (Å²) in [6.45, 7) is 1.19. The first-order valence-electron chi connectivity index (χ1n) is 8.00. The summed E-state index contributed by atoms with van der Waals surface area (Å²) in [6, 6.07) is 9.88. The zero-order chi connectivity index (χ0) is 17.2. The number of nitrogens with zero attached hydrogens (tertiary/aromatic N) is 2. The molecule has 0 spiro atoms. The van der Waals surface area contributed by atoms with Crippen LogP contribution in [0.1, 0.15) is 18.5 Å². The Hall–Kier alpha value is -1.99. The lowest BCUT2D eigenvalue weighted by atomic mass is 9.97. The monoisotopic (exact) mass is 347 g/mol. The van der Waals surface area contributed by atoms with Crippen LogP contribution in [0.4, 0.5) is 0 Å². The first-order chi connectivity index (χ1) is 11.4. The predicted octanol–water partition coefficient (Wildman–Crippen LogP) is 1.52. The first kappa shape index (κ1) is 16.9. The van der Waals surface area contributed by atoms with Crippen LogP contribution in [-0.4, -0.2) is 43.0 Å². The third kappa shape index (κ3) is 3.73. The number of sulfonamides is 1. The number of hydrogen-bond acceptors (Lipinski definition) is 4. The summed E-state index contributed by atoms with van der Waals surface area (Å²) in [5.41, 5.74) is 0.843. The van der Waals surface area contributed by atoms with Gasteiger partial charge in [-0.1, -0.05) is 24.3 Å². The van der Waals surface area contributed by atoms with Gasteiger partial charge in [-0.3, -0.25) is 9.78 Å². The van der Waals surface area contributed by atoms with Crippen molar-refractivity contribution in [3.05, 3.63) is 42.2 Å². The fourth-order valence-electron chi connectivity index (χ4n) is 3.09. The number of rotatable bonds is 4. The van der Waals surface area contributed by atoms with Crippen molar-refractivity contribution in [3.8, 4) is 0 Å². The number of carbonyl (C=O) groups excluding carboxylic acids is 1. The van der Waals surface area contributed by atoms with E-state index in [1.807, 2.05) is 30.3 Å². The van der Waals surface area contributed by atoms with Crippen LogP contribution in [0.25, 0.3) is 10.8 Å². The SMILES string of the molecule is CS(=O)(=O)N1CCC(C(=O)NCc2nccc3ccccc23)CC1. The Morgan fingerprint density at radius 1 is 1.25 bits per heavy atom. The average Bonchev–Trinajstić information content (AvgIpc) is 2.59. The van der Waals surface area contributed by atoms with Gasteiger partial charge in [-0.25, -0.2) is 12.7 Å². The maximum absolute atomic E-state index is 12.4. The molecule has 2 aromatic rings. The van der Waals surface area contributed by atoms with E-state index in [1.54, 1.807) is 6.20 Å². The number of benzene rings is 1. The van der Waals surface area contributed by atoms with Gasteiger partial charge in [-0.05, 0) is 24.3 Å². The Bertz CT molecular complexity index is 838. The van der Waals surface area contributed by atoms with Crippen molar-refractivity contribution in [2.45, 2.75) is 19.4 Å². The molecule has 2 heterocycles. The van der Waals surface area contributed by atoms with Gasteiger partial charge >= 0.3 is 0 Å². The molecule has 1 aliphatic heterocycles. The molecule has 0 saturated carbocycles. The smallest absolute Gasteiger partial charge is 0.223 e. The second-order valence-corrected chi connectivity index (χ2v) is 8.12. The molecular weight excluding hydrogens is 326 g/mol. The molecule has 1 amide bonds. The van der Waals surface area contributed by atoms with Crippen molar-refractivity contribution >= 4 is 26.7 Å². The number of pyridine rings is 1. The third-order valence-corrected chi connectivity index (χ3v) is 5.78. The normalized spacial score (nSPS) is 17.0. The molecule has 7 heteroatoms. The summed E-state index contributed by atoms with van der Waals surface area (Å²) >= 11 is 0. The molecule has 6 nitrogen and oxygen atoms in total. The fourth-order valence-corrected chi connectivity index (χ4v) is 3.96. The summed E-state index contributed by atoms with van der Waals surface area (Å²) in [4.78, 5) is 16.7. The molecule has 3 rings (SSSR count). The van der Waals surface area contributed by atoms with Gasteiger partial charge in [0.25, 0.3) is 0 Å². The van der Waals surface area contributed by atoms with E-state index < -0.39 is 10.0 Å². The zero-order valence-electron chi connectivity index (χ0n) is 13.6. The number of nitrogens with one attached hydrogen (secondary N) is 1. The third-order valence-electron chi connectivity index (χ3n) is 4.48. The Balaban J connectivity index is 1.60. The van der Waals surface area contributed by atoms with Crippen LogP contribution in [0.15, 0.2) is 36.5 Å². The van der Waals surface area contributed by atoms with E-state index >= 15 is 0 Å². The van der Waals surface area contributed by atoms with Gasteiger partial charge in [0.05, 0.1) is 18.5 Å². The van der Waals surface area contributed by atoms with Crippen molar-refractivity contribution in [1.29, 1.82) is 0 Å². The molecule has 24 heavy (non-hydrogen) atoms. The van der Waals surface area contributed by atoms with Crippen LogP contribution in [0, 0.1) is 5.92 Å². The van der Waals surface area contributed by atoms with Gasteiger partial charge in [-0.2, -0.15) is 0 Å². The number of piperidine rings is 1. The number of fused-ring (bicyclic) bond motifs is 1. The molecule has 1 N–H and O–H groups in total. The topological polar surface area (TPSA) is 79.4 Å². The minimum Gasteiger partial charge on any atom is -0.350 e. The van der Waals surface area contributed by atoms with Crippen LogP contribution in [0.2, 0.25) is 0 Å². The van der Waals surface area contributed by atoms with Crippen LogP contribution < -0.4 is 5.32 Å². The van der Waals surface area contributed by atoms with Gasteiger partial charge in [-0.15, -0.1) is 0 Å². The summed E-state index contributed by atoms with van der Waals surface area (Å²) in [7, 11) is -3.16. The highest BCUT2D eigenvalue weighted by Crippen LogP contribution is 2.20. The fraction of sp³-hybridized carbons (Fsp3) is 0.412. The van der Waals surface area contributed by atoms with Crippen LogP contribution in [-0.2, 0) is 21.4 Å². The van der Waals surface area contributed by atoms with E-state index in [9.17, 15) is 13.2 Å². The summed E-state index contributed by atoms with van der Waals surface area (Å²) in [6.07, 6.45) is 4.07. The van der Waals surface area contributed by atoms with Gasteiger partial charge in [0.1, 0.15) is 0 Å². The molecule has 0 aliphatic carbocycles. The molecule has 128 valence electrons. The molecule has 1 aromatic carbocycles. The van der Waals surface area contributed by atoms with Gasteiger partial charge < -0.3 is 5.32 Å². The standard InChI is InChI=1S/C17H21N3O3S/c1-24(22,23)20-10-7-14(8-11-20)17(21)19-12-16-15-5-3-2-4-13(15)6-9-18-16/h2-6,9,14H,7-8,10-12H2,1H3,(H,19,21). The van der Waals surface area contributed by atoms with Crippen molar-refractivity contribution in [1.82, 2.24) is 14.6 Å². The largest absolute Gasteiger partial charge is 0.350 e. The van der Waals surface area contributed by atoms with Crippen LogP contribution in [0.3, 0.4) is 0 Å². The van der Waals surface area contributed by atoms with E-state index in [-0.39, 0.29) is 11.8 Å². The summed E-state index contributed by atoms with van der Waals surface area (Å²) in [5, 5.41) is 5.07. The van der Waals surface area contributed by atoms with Gasteiger partial charge in [0.2, 0.25) is 15.9 Å². The van der Waals surface area contributed by atoms with Crippen LogP contribution in [0.5, 0.6) is 0 Å². The average molecular weight is 347 g/mol. The molecular formula is C17H21N3O3S. The number of hydrogen-bond donors (Lipinski definition) is 1. The van der Waals surface area contributed by atoms with Crippen molar-refractivity contribution < 1.29 is 13.2 Å². The van der Waals surface area contributed by atoms with E-state index in [0.29, 0.717) is 32.5 Å². The lowest BCUT2D eigenvalue weighted by Gasteiger charge is -2.29. The van der Waals surface area contributed by atoms with Crippen LogP contribution >= 0.6 is 0 Å². The van der Waals surface area contributed by atoms with E-state index in [0.717, 1.165) is 16.5 Å². The lowest BCUT2D eigenvalue weighted by Crippen LogP contribution is -2.42. The van der Waals surface area contributed by atoms with Crippen molar-refractivity contribution in [2.24, 2.45) is 5.92 Å². The molecule has 0 radical (unpaired) electrons. The molecule has 1 aromatic heterocycles. The molecule has 0 unspecified atom stereocenters. The quantitative estimate of drug-likeness (QED) is 0.909. The molecule has 1 saturated heterocycles. The Morgan fingerprint density at radius 3 is 2.67 bits per heavy atom. The highest BCUT2D eigenvalue weighted by molar-refractivity contribution is 7.88. The predicted molar refractivity (Wildman–Crippen MR) is 92.7 cm³/mol. The van der Waals surface area contributed by atoms with Gasteiger partial charge in [0, 0.05) is 30.6 Å². The number of aromatic nitrogens is 1. The van der Waals surface area contributed by atoms with E-state index in [4.69, 9.17) is 0 Å². The Labute approximate surface area is 141 Å².